The summed E-state index contributed by atoms with van der Waals surface area (Å²) in [4.78, 5) is 17.1. The third-order valence-electron chi connectivity index (χ3n) is 5.82. The third kappa shape index (κ3) is 6.43. The Kier molecular flexibility index (Phi) is 11.0. The molecule has 0 aromatic heterocycles. The summed E-state index contributed by atoms with van der Waals surface area (Å²) >= 11 is 0. The van der Waals surface area contributed by atoms with Gasteiger partial charge in [-0.2, -0.15) is 0 Å². The van der Waals surface area contributed by atoms with Crippen molar-refractivity contribution < 1.29 is 9.53 Å². The number of para-hydroxylation sites is 2. The van der Waals surface area contributed by atoms with Crippen LogP contribution >= 0.6 is 24.8 Å². The van der Waals surface area contributed by atoms with Crippen LogP contribution in [0.4, 0.5) is 5.69 Å². The molecule has 1 aromatic carbocycles. The van der Waals surface area contributed by atoms with Gasteiger partial charge < -0.3 is 19.9 Å². The lowest BCUT2D eigenvalue weighted by atomic mass is 9.84. The molecule has 2 aliphatic heterocycles. The van der Waals surface area contributed by atoms with E-state index < -0.39 is 0 Å². The highest BCUT2D eigenvalue weighted by Gasteiger charge is 2.27. The Morgan fingerprint density at radius 1 is 1.14 bits per heavy atom. The van der Waals surface area contributed by atoms with E-state index in [9.17, 15) is 4.79 Å². The van der Waals surface area contributed by atoms with Gasteiger partial charge in [-0.1, -0.05) is 19.1 Å². The van der Waals surface area contributed by atoms with Gasteiger partial charge in [0.15, 0.2) is 0 Å². The zero-order chi connectivity index (χ0) is 18.4. The fraction of sp³-hybridized carbons (Fsp3) is 0.667. The second-order valence-corrected chi connectivity index (χ2v) is 7.54. The summed E-state index contributed by atoms with van der Waals surface area (Å²) in [6.07, 6.45) is 3.10. The molecule has 2 aliphatic rings. The average Bonchev–Trinajstić information content (AvgIpc) is 2.69. The standard InChI is InChI=1S/C21H33N3O2.2ClH/c1-3-26-20-7-5-4-6-19(20)23-12-14-24(15-13-23)21(25)16-17(2)18-8-10-22-11-9-18;;/h4-7,17-18,22H,3,8-16H2,1-2H3;2*1H. The maximum Gasteiger partial charge on any atom is 0.222 e. The SMILES string of the molecule is CCOc1ccccc1N1CCN(C(=O)CC(C)C2CCNCC2)CC1.Cl.Cl. The van der Waals surface area contributed by atoms with E-state index in [1.807, 2.05) is 19.1 Å². The van der Waals surface area contributed by atoms with Crippen LogP contribution in [-0.2, 0) is 4.79 Å². The molecule has 1 N–H and O–H groups in total. The topological polar surface area (TPSA) is 44.8 Å². The summed E-state index contributed by atoms with van der Waals surface area (Å²) in [6.45, 7) is 10.5. The van der Waals surface area contributed by atoms with Gasteiger partial charge in [-0.05, 0) is 56.8 Å². The number of hydrogen-bond donors (Lipinski definition) is 1. The van der Waals surface area contributed by atoms with E-state index >= 15 is 0 Å². The molecule has 28 heavy (non-hydrogen) atoms. The predicted molar refractivity (Wildman–Crippen MR) is 120 cm³/mol. The van der Waals surface area contributed by atoms with E-state index in [1.54, 1.807) is 0 Å². The number of amides is 1. The van der Waals surface area contributed by atoms with Gasteiger partial charge in [-0.15, -0.1) is 24.8 Å². The lowest BCUT2D eigenvalue weighted by Crippen LogP contribution is -2.49. The molecule has 7 heteroatoms. The summed E-state index contributed by atoms with van der Waals surface area (Å²) in [5.41, 5.74) is 1.14. The zero-order valence-corrected chi connectivity index (χ0v) is 18.7. The second kappa shape index (κ2) is 12.4. The Morgan fingerprint density at radius 2 is 1.79 bits per heavy atom. The maximum atomic E-state index is 12.7. The molecule has 160 valence electrons. The Bertz CT molecular complexity index is 589. The minimum Gasteiger partial charge on any atom is -0.492 e. The summed E-state index contributed by atoms with van der Waals surface area (Å²) in [5.74, 6) is 2.45. The molecule has 1 atom stereocenters. The van der Waals surface area contributed by atoms with Crippen LogP contribution in [0.25, 0.3) is 0 Å². The van der Waals surface area contributed by atoms with Crippen molar-refractivity contribution in [2.24, 2.45) is 11.8 Å². The molecule has 0 aliphatic carbocycles. The molecule has 2 heterocycles. The summed E-state index contributed by atoms with van der Waals surface area (Å²) < 4.78 is 5.76. The van der Waals surface area contributed by atoms with E-state index in [2.05, 4.69) is 34.2 Å². The molecule has 0 bridgehead atoms. The predicted octanol–water partition coefficient (Wildman–Crippen LogP) is 3.60. The van der Waals surface area contributed by atoms with Crippen molar-refractivity contribution in [2.75, 3.05) is 50.8 Å². The lowest BCUT2D eigenvalue weighted by Gasteiger charge is -2.37. The van der Waals surface area contributed by atoms with Gasteiger partial charge >= 0.3 is 0 Å². The number of benzene rings is 1. The van der Waals surface area contributed by atoms with Crippen molar-refractivity contribution in [1.29, 1.82) is 0 Å². The highest BCUT2D eigenvalue weighted by molar-refractivity contribution is 5.85. The van der Waals surface area contributed by atoms with Crippen LogP contribution in [0.15, 0.2) is 24.3 Å². The van der Waals surface area contributed by atoms with Crippen molar-refractivity contribution in [1.82, 2.24) is 10.2 Å². The van der Waals surface area contributed by atoms with Crippen molar-refractivity contribution in [3.8, 4) is 5.75 Å². The first kappa shape index (κ1) is 24.9. The number of nitrogens with zero attached hydrogens (tertiary/aromatic N) is 2. The monoisotopic (exact) mass is 431 g/mol. The number of carbonyl (C=O) groups is 1. The molecule has 0 spiro atoms. The van der Waals surface area contributed by atoms with Crippen LogP contribution in [0.1, 0.15) is 33.1 Å². The number of rotatable bonds is 6. The largest absolute Gasteiger partial charge is 0.492 e. The van der Waals surface area contributed by atoms with E-state index in [0.29, 0.717) is 30.8 Å². The highest BCUT2D eigenvalue weighted by Crippen LogP contribution is 2.29. The fourth-order valence-electron chi connectivity index (χ4n) is 4.18. The molecule has 1 amide bonds. The van der Waals surface area contributed by atoms with Crippen molar-refractivity contribution in [3.05, 3.63) is 24.3 Å². The van der Waals surface area contributed by atoms with Gasteiger partial charge in [-0.3, -0.25) is 4.79 Å². The first-order valence-electron chi connectivity index (χ1n) is 10.1. The molecule has 1 aromatic rings. The van der Waals surface area contributed by atoms with Crippen molar-refractivity contribution in [2.45, 2.75) is 33.1 Å². The quantitative estimate of drug-likeness (QED) is 0.746. The van der Waals surface area contributed by atoms with E-state index in [0.717, 1.165) is 50.7 Å². The number of ether oxygens (including phenoxy) is 1. The van der Waals surface area contributed by atoms with Crippen LogP contribution in [0.3, 0.4) is 0 Å². The van der Waals surface area contributed by atoms with Crippen LogP contribution in [0.2, 0.25) is 0 Å². The van der Waals surface area contributed by atoms with Crippen molar-refractivity contribution in [3.63, 3.8) is 0 Å². The summed E-state index contributed by atoms with van der Waals surface area (Å²) in [7, 11) is 0. The molecule has 0 radical (unpaired) electrons. The number of carbonyl (C=O) groups excluding carboxylic acids is 1. The summed E-state index contributed by atoms with van der Waals surface area (Å²) in [6, 6.07) is 8.20. The van der Waals surface area contributed by atoms with E-state index in [1.165, 1.54) is 12.8 Å². The van der Waals surface area contributed by atoms with Crippen molar-refractivity contribution >= 4 is 36.4 Å². The Hall–Kier alpha value is -1.17. The number of hydrogen-bond acceptors (Lipinski definition) is 4. The van der Waals surface area contributed by atoms with E-state index in [4.69, 9.17) is 4.74 Å². The van der Waals surface area contributed by atoms with E-state index in [-0.39, 0.29) is 24.8 Å². The Balaban J connectivity index is 0.00000196. The molecular formula is C21H35Cl2N3O2. The second-order valence-electron chi connectivity index (χ2n) is 7.54. The molecule has 1 unspecified atom stereocenters. The smallest absolute Gasteiger partial charge is 0.222 e. The van der Waals surface area contributed by atoms with Gasteiger partial charge in [0.25, 0.3) is 0 Å². The average molecular weight is 432 g/mol. The van der Waals surface area contributed by atoms with Crippen LogP contribution in [0.5, 0.6) is 5.75 Å². The molecule has 2 saturated heterocycles. The van der Waals surface area contributed by atoms with Gasteiger partial charge in [0, 0.05) is 32.6 Å². The number of piperidine rings is 1. The molecule has 2 fully saturated rings. The number of piperazine rings is 1. The summed E-state index contributed by atoms with van der Waals surface area (Å²) in [5, 5.41) is 3.41. The number of halogens is 2. The highest BCUT2D eigenvalue weighted by atomic mass is 35.5. The minimum absolute atomic E-state index is 0. The van der Waals surface area contributed by atoms with Gasteiger partial charge in [0.05, 0.1) is 12.3 Å². The lowest BCUT2D eigenvalue weighted by molar-refractivity contribution is -0.132. The van der Waals surface area contributed by atoms with Gasteiger partial charge in [0.2, 0.25) is 5.91 Å². The van der Waals surface area contributed by atoms with Crippen LogP contribution in [0, 0.1) is 11.8 Å². The Labute approximate surface area is 182 Å². The molecule has 3 rings (SSSR count). The first-order chi connectivity index (χ1) is 12.7. The number of anilines is 1. The Morgan fingerprint density at radius 3 is 2.43 bits per heavy atom. The minimum atomic E-state index is 0. The third-order valence-corrected chi connectivity index (χ3v) is 5.82. The molecular weight excluding hydrogens is 397 g/mol. The van der Waals surface area contributed by atoms with Crippen LogP contribution < -0.4 is 15.0 Å². The van der Waals surface area contributed by atoms with Gasteiger partial charge in [0.1, 0.15) is 5.75 Å². The molecule has 5 nitrogen and oxygen atoms in total. The normalized spacial score (nSPS) is 18.6. The number of nitrogens with one attached hydrogen (secondary N) is 1. The fourth-order valence-corrected chi connectivity index (χ4v) is 4.18. The van der Waals surface area contributed by atoms with Crippen LogP contribution in [-0.4, -0.2) is 56.7 Å². The van der Waals surface area contributed by atoms with Gasteiger partial charge in [-0.25, -0.2) is 0 Å². The maximum absolute atomic E-state index is 12.7. The first-order valence-corrected chi connectivity index (χ1v) is 10.1. The molecule has 0 saturated carbocycles. The zero-order valence-electron chi connectivity index (χ0n) is 17.1.